The molecular formula is C28H32F6N2S. The molecule has 0 unspecified atom stereocenters. The third-order valence-corrected chi connectivity index (χ3v) is 10.7. The average molecular weight is 543 g/mol. The summed E-state index contributed by atoms with van der Waals surface area (Å²) in [6.45, 7) is 8.45. The van der Waals surface area contributed by atoms with Gasteiger partial charge in [-0.05, 0) is 62.9 Å². The molecule has 0 bridgehead atoms. The van der Waals surface area contributed by atoms with Crippen LogP contribution in [0.3, 0.4) is 0 Å². The third-order valence-electron chi connectivity index (χ3n) is 8.14. The van der Waals surface area contributed by atoms with E-state index in [4.69, 9.17) is 0 Å². The number of anilines is 1. The van der Waals surface area contributed by atoms with Crippen molar-refractivity contribution < 1.29 is 26.3 Å². The first kappa shape index (κ1) is 27.6. The van der Waals surface area contributed by atoms with Crippen LogP contribution in [-0.4, -0.2) is 41.9 Å². The van der Waals surface area contributed by atoms with Crippen molar-refractivity contribution in [3.05, 3.63) is 71.9 Å². The lowest BCUT2D eigenvalue weighted by Crippen LogP contribution is -2.39. The van der Waals surface area contributed by atoms with Gasteiger partial charge in [0.2, 0.25) is 0 Å². The Bertz CT molecular complexity index is 1260. The van der Waals surface area contributed by atoms with E-state index in [0.717, 1.165) is 23.9 Å². The molecule has 0 atom stereocenters. The fraction of sp³-hybridized carbons (Fsp3) is 0.429. The molecule has 2 aromatic carbocycles. The lowest BCUT2D eigenvalue weighted by atomic mass is 9.76. The molecule has 37 heavy (non-hydrogen) atoms. The van der Waals surface area contributed by atoms with E-state index < -0.39 is 32.7 Å². The van der Waals surface area contributed by atoms with Gasteiger partial charge in [-0.25, -0.2) is 0 Å². The van der Waals surface area contributed by atoms with Crippen LogP contribution in [0, 0.1) is 5.41 Å². The second-order valence-electron chi connectivity index (χ2n) is 10.6. The summed E-state index contributed by atoms with van der Waals surface area (Å²) in [6, 6.07) is 12.0. The van der Waals surface area contributed by atoms with Crippen LogP contribution in [0.2, 0.25) is 0 Å². The minimum atomic E-state index is -4.48. The van der Waals surface area contributed by atoms with Gasteiger partial charge in [0.25, 0.3) is 0 Å². The summed E-state index contributed by atoms with van der Waals surface area (Å²) in [7, 11) is -2.36. The summed E-state index contributed by atoms with van der Waals surface area (Å²) in [5.41, 5.74) is -0.966. The lowest BCUT2D eigenvalue weighted by molar-refractivity contribution is -0.180. The molecule has 202 valence electrons. The van der Waals surface area contributed by atoms with E-state index in [1.807, 2.05) is 9.21 Å². The molecule has 2 aliphatic rings. The second-order valence-corrected chi connectivity index (χ2v) is 13.2. The van der Waals surface area contributed by atoms with Gasteiger partial charge in [0.15, 0.2) is 0 Å². The van der Waals surface area contributed by atoms with Gasteiger partial charge in [0, 0.05) is 41.3 Å². The SMILES string of the molecule is C=C1N(c2ccc(C(C)(C)C(F)(F)F)cc2)CCC12CCN(S(=C)(=C)c1ccccc1C(F)(F)F)CC2. The van der Waals surface area contributed by atoms with Gasteiger partial charge in [-0.2, -0.15) is 26.3 Å². The van der Waals surface area contributed by atoms with E-state index in [-0.39, 0.29) is 15.9 Å². The Hall–Kier alpha value is -2.39. The molecule has 0 saturated carbocycles. The molecule has 9 heteroatoms. The summed E-state index contributed by atoms with van der Waals surface area (Å²) in [4.78, 5) is 2.18. The van der Waals surface area contributed by atoms with Crippen LogP contribution in [0.4, 0.5) is 32.0 Å². The van der Waals surface area contributed by atoms with Crippen LogP contribution in [0.5, 0.6) is 0 Å². The van der Waals surface area contributed by atoms with E-state index in [1.165, 1.54) is 38.1 Å². The van der Waals surface area contributed by atoms with E-state index in [2.05, 4.69) is 18.3 Å². The summed E-state index contributed by atoms with van der Waals surface area (Å²) < 4.78 is 83.3. The number of rotatable bonds is 4. The number of alkyl halides is 6. The number of halogens is 6. The van der Waals surface area contributed by atoms with E-state index >= 15 is 0 Å². The molecule has 4 rings (SSSR count). The van der Waals surface area contributed by atoms with Crippen molar-refractivity contribution >= 4 is 26.8 Å². The topological polar surface area (TPSA) is 6.48 Å². The quantitative estimate of drug-likeness (QED) is 0.285. The van der Waals surface area contributed by atoms with Crippen molar-refractivity contribution in [1.82, 2.24) is 4.31 Å². The van der Waals surface area contributed by atoms with Gasteiger partial charge in [-0.3, -0.25) is 4.31 Å². The average Bonchev–Trinajstić information content (AvgIpc) is 3.13. The normalized spacial score (nSPS) is 19.6. The van der Waals surface area contributed by atoms with Crippen LogP contribution in [0.1, 0.15) is 44.2 Å². The predicted octanol–water partition coefficient (Wildman–Crippen LogP) is 7.99. The molecule has 2 nitrogen and oxygen atoms in total. The zero-order chi connectivity index (χ0) is 27.4. The van der Waals surface area contributed by atoms with Crippen molar-refractivity contribution in [1.29, 1.82) is 0 Å². The van der Waals surface area contributed by atoms with Gasteiger partial charge < -0.3 is 4.90 Å². The van der Waals surface area contributed by atoms with Gasteiger partial charge >= 0.3 is 12.4 Å². The van der Waals surface area contributed by atoms with Crippen molar-refractivity contribution in [2.24, 2.45) is 5.41 Å². The zero-order valence-corrected chi connectivity index (χ0v) is 21.9. The van der Waals surface area contributed by atoms with E-state index in [9.17, 15) is 26.3 Å². The standard InChI is InChI=1S/C28H32F6N2S/c1-20-26(16-19-36(20)22-12-10-21(11-13-22)25(2,3)28(32,33)34)14-17-35(18-15-26)37(4,5)24-9-7-6-8-23(24)27(29,30)31/h6-13H,1,4-5,14-19H2,2-3H3. The van der Waals surface area contributed by atoms with Crippen molar-refractivity contribution in [3.8, 4) is 0 Å². The largest absolute Gasteiger partial charge is 0.417 e. The van der Waals surface area contributed by atoms with Crippen LogP contribution in [0.25, 0.3) is 0 Å². The monoisotopic (exact) mass is 542 g/mol. The van der Waals surface area contributed by atoms with E-state index in [1.54, 1.807) is 18.2 Å². The molecule has 2 heterocycles. The highest BCUT2D eigenvalue weighted by atomic mass is 32.2. The maximum atomic E-state index is 13.7. The maximum absolute atomic E-state index is 13.7. The zero-order valence-electron chi connectivity index (χ0n) is 21.1. The summed E-state index contributed by atoms with van der Waals surface area (Å²) in [6.07, 6.45) is -6.60. The Balaban J connectivity index is 1.49. The molecule has 0 N–H and O–H groups in total. The maximum Gasteiger partial charge on any atom is 0.417 e. The van der Waals surface area contributed by atoms with Gasteiger partial charge in [0.05, 0.1) is 11.0 Å². The smallest absolute Gasteiger partial charge is 0.345 e. The number of hydrogen-bond donors (Lipinski definition) is 0. The van der Waals surface area contributed by atoms with E-state index in [0.29, 0.717) is 32.5 Å². The highest BCUT2D eigenvalue weighted by Crippen LogP contribution is 2.53. The Morgan fingerprint density at radius 2 is 1.35 bits per heavy atom. The summed E-state index contributed by atoms with van der Waals surface area (Å²) in [5.74, 6) is 8.33. The minimum Gasteiger partial charge on any atom is -0.345 e. The summed E-state index contributed by atoms with van der Waals surface area (Å²) >= 11 is 0. The molecule has 2 aromatic rings. The molecule has 2 fully saturated rings. The number of nitrogens with zero attached hydrogens (tertiary/aromatic N) is 2. The molecule has 0 aliphatic carbocycles. The van der Waals surface area contributed by atoms with Crippen molar-refractivity contribution in [2.45, 2.75) is 55.8 Å². The molecule has 0 amide bonds. The Morgan fingerprint density at radius 3 is 1.89 bits per heavy atom. The van der Waals surface area contributed by atoms with Gasteiger partial charge in [-0.15, -0.1) is 9.39 Å². The van der Waals surface area contributed by atoms with Crippen LogP contribution < -0.4 is 4.90 Å². The van der Waals surface area contributed by atoms with Gasteiger partial charge in [0.1, 0.15) is 0 Å². The highest BCUT2D eigenvalue weighted by Gasteiger charge is 2.49. The lowest BCUT2D eigenvalue weighted by Gasteiger charge is -2.43. The number of hydrogen-bond acceptors (Lipinski definition) is 2. The highest BCUT2D eigenvalue weighted by molar-refractivity contribution is 8.25. The fourth-order valence-corrected chi connectivity index (χ4v) is 7.46. The molecule has 1 spiro atoms. The van der Waals surface area contributed by atoms with Gasteiger partial charge in [-0.1, -0.05) is 42.6 Å². The number of piperidine rings is 1. The molecule has 2 saturated heterocycles. The predicted molar refractivity (Wildman–Crippen MR) is 141 cm³/mol. The number of allylic oxidation sites excluding steroid dienone is 1. The Kier molecular flexibility index (Phi) is 6.81. The molecule has 0 aromatic heterocycles. The van der Waals surface area contributed by atoms with Crippen LogP contribution in [0.15, 0.2) is 65.7 Å². The first-order valence-corrected chi connectivity index (χ1v) is 14.0. The molecule has 2 aliphatic heterocycles. The fourth-order valence-electron chi connectivity index (χ4n) is 5.37. The summed E-state index contributed by atoms with van der Waals surface area (Å²) in [5, 5.41) is 0. The third kappa shape index (κ3) is 4.80. The molecule has 0 radical (unpaired) electrons. The number of benzene rings is 2. The molecular weight excluding hydrogens is 510 g/mol. The Labute approximate surface area is 215 Å². The first-order chi connectivity index (χ1) is 17.0. The van der Waals surface area contributed by atoms with Crippen molar-refractivity contribution in [3.63, 3.8) is 0 Å². The van der Waals surface area contributed by atoms with Crippen LogP contribution >= 0.6 is 9.39 Å². The minimum absolute atomic E-state index is 0.132. The second kappa shape index (κ2) is 9.12. The van der Waals surface area contributed by atoms with Crippen LogP contribution in [-0.2, 0) is 11.6 Å². The first-order valence-electron chi connectivity index (χ1n) is 12.1. The van der Waals surface area contributed by atoms with Crippen molar-refractivity contribution in [2.75, 3.05) is 24.5 Å². The Morgan fingerprint density at radius 1 is 0.811 bits per heavy atom.